The molecular weight excluding hydrogens is 472 g/mol. The van der Waals surface area contributed by atoms with Crippen LogP contribution < -0.4 is 0 Å². The molecule has 2 unspecified atom stereocenters. The van der Waals surface area contributed by atoms with Crippen LogP contribution in [0.5, 0.6) is 0 Å². The summed E-state index contributed by atoms with van der Waals surface area (Å²) >= 11 is 0. The van der Waals surface area contributed by atoms with Gasteiger partial charge in [-0.05, 0) is 63.5 Å². The number of hydrogen-bond donors (Lipinski definition) is 0. The van der Waals surface area contributed by atoms with E-state index in [-0.39, 0.29) is 56.4 Å². The summed E-state index contributed by atoms with van der Waals surface area (Å²) in [5.74, 6) is -0.767. The Balaban J connectivity index is 2.33. The van der Waals surface area contributed by atoms with Crippen molar-refractivity contribution >= 4 is 23.8 Å². The van der Waals surface area contributed by atoms with Crippen LogP contribution in [0.3, 0.4) is 0 Å². The maximum Gasteiger partial charge on any atom is 0.411 e. The molecule has 208 valence electrons. The molecule has 2 saturated carbocycles. The third kappa shape index (κ3) is 9.31. The second-order valence-electron chi connectivity index (χ2n) is 10.2. The number of hydrogen-bond acceptors (Lipinski definition) is 6. The summed E-state index contributed by atoms with van der Waals surface area (Å²) in [6, 6.07) is 0. The van der Waals surface area contributed by atoms with Crippen LogP contribution in [-0.2, 0) is 19.1 Å². The first-order valence-electron chi connectivity index (χ1n) is 14.0. The molecule has 2 atom stereocenters. The third-order valence-corrected chi connectivity index (χ3v) is 7.80. The minimum absolute atomic E-state index is 0.106. The van der Waals surface area contributed by atoms with Crippen LogP contribution in [0.4, 0.5) is 9.59 Å². The van der Waals surface area contributed by atoms with Gasteiger partial charge < -0.3 is 9.47 Å². The molecule has 0 aromatic heterocycles. The van der Waals surface area contributed by atoms with Crippen molar-refractivity contribution in [3.05, 3.63) is 25.3 Å². The monoisotopic (exact) mass is 518 g/mol. The molecular formula is C29H46N2O6. The molecule has 0 aromatic rings. The van der Waals surface area contributed by atoms with Crippen molar-refractivity contribution in [3.8, 4) is 0 Å². The molecule has 0 bridgehead atoms. The molecule has 2 fully saturated rings. The highest BCUT2D eigenvalue weighted by molar-refractivity contribution is 5.92. The molecule has 2 rings (SSSR count). The molecule has 37 heavy (non-hydrogen) atoms. The van der Waals surface area contributed by atoms with Crippen LogP contribution in [0.15, 0.2) is 25.3 Å². The summed E-state index contributed by atoms with van der Waals surface area (Å²) in [4.78, 5) is 54.8. The topological polar surface area (TPSA) is 93.2 Å². The SMILES string of the molecule is C=CC(=O)C(CN(CN(CC(C(=O)C=C)C1CCCCC1)C(=O)OCC)C(=O)OCC)C1CCCCC1. The fourth-order valence-corrected chi connectivity index (χ4v) is 5.81. The second kappa shape index (κ2) is 16.3. The quantitative estimate of drug-likeness (QED) is 0.214. The molecule has 0 N–H and O–H groups in total. The Bertz CT molecular complexity index is 721. The number of carbonyl (C=O) groups is 4. The molecule has 0 aromatic carbocycles. The second-order valence-corrected chi connectivity index (χ2v) is 10.2. The van der Waals surface area contributed by atoms with Gasteiger partial charge in [-0.25, -0.2) is 9.59 Å². The standard InChI is InChI=1S/C29H46N2O6/c1-5-26(32)24(22-15-11-9-12-16-22)19-30(28(34)36-7-3)21-31(29(35)37-8-4)20-25(27(33)6-2)23-17-13-10-14-18-23/h5-6,22-25H,1-2,7-21H2,3-4H3. The largest absolute Gasteiger partial charge is 0.450 e. The number of ether oxygens (including phenoxy) is 2. The Kier molecular flexibility index (Phi) is 13.4. The molecule has 0 radical (unpaired) electrons. The van der Waals surface area contributed by atoms with E-state index < -0.39 is 24.0 Å². The highest BCUT2D eigenvalue weighted by atomic mass is 16.6. The Hall–Kier alpha value is -2.64. The number of nitrogens with zero attached hydrogens (tertiary/aromatic N) is 2. The summed E-state index contributed by atoms with van der Waals surface area (Å²) in [5, 5.41) is 0. The van der Waals surface area contributed by atoms with Crippen LogP contribution in [-0.4, -0.2) is 66.5 Å². The van der Waals surface area contributed by atoms with Crippen molar-refractivity contribution in [2.75, 3.05) is 33.0 Å². The van der Waals surface area contributed by atoms with Gasteiger partial charge in [0.15, 0.2) is 11.6 Å². The zero-order valence-corrected chi connectivity index (χ0v) is 22.8. The minimum Gasteiger partial charge on any atom is -0.450 e. The summed E-state index contributed by atoms with van der Waals surface area (Å²) in [5.41, 5.74) is 0. The van der Waals surface area contributed by atoms with Gasteiger partial charge in [-0.1, -0.05) is 51.7 Å². The van der Waals surface area contributed by atoms with Crippen molar-refractivity contribution < 1.29 is 28.7 Å². The molecule has 8 nitrogen and oxygen atoms in total. The summed E-state index contributed by atoms with van der Waals surface area (Å²) in [6.45, 7) is 11.2. The van der Waals surface area contributed by atoms with E-state index in [0.29, 0.717) is 0 Å². The normalized spacial score (nSPS) is 18.2. The molecule has 0 saturated heterocycles. The van der Waals surface area contributed by atoms with Gasteiger partial charge in [-0.15, -0.1) is 0 Å². The van der Waals surface area contributed by atoms with Crippen molar-refractivity contribution in [2.45, 2.75) is 78.1 Å². The summed E-state index contributed by atoms with van der Waals surface area (Å²) in [6.07, 6.45) is 11.6. The first kappa shape index (κ1) is 30.6. The van der Waals surface area contributed by atoms with Gasteiger partial charge in [0.1, 0.15) is 6.67 Å². The van der Waals surface area contributed by atoms with Crippen molar-refractivity contribution in [1.29, 1.82) is 0 Å². The van der Waals surface area contributed by atoms with E-state index in [1.54, 1.807) is 13.8 Å². The van der Waals surface area contributed by atoms with Crippen LogP contribution in [0.25, 0.3) is 0 Å². The van der Waals surface area contributed by atoms with Crippen molar-refractivity contribution in [2.24, 2.45) is 23.7 Å². The third-order valence-electron chi connectivity index (χ3n) is 7.80. The van der Waals surface area contributed by atoms with Crippen molar-refractivity contribution in [1.82, 2.24) is 9.80 Å². The highest BCUT2D eigenvalue weighted by Crippen LogP contribution is 2.33. The zero-order chi connectivity index (χ0) is 27.2. The number of carbonyl (C=O) groups excluding carboxylic acids is 4. The zero-order valence-electron chi connectivity index (χ0n) is 22.8. The molecule has 8 heteroatoms. The van der Waals surface area contributed by atoms with Crippen molar-refractivity contribution in [3.63, 3.8) is 0 Å². The maximum absolute atomic E-state index is 13.1. The van der Waals surface area contributed by atoms with E-state index in [2.05, 4.69) is 13.2 Å². The smallest absolute Gasteiger partial charge is 0.411 e. The van der Waals surface area contributed by atoms with Gasteiger partial charge in [0, 0.05) is 24.9 Å². The number of amides is 2. The van der Waals surface area contributed by atoms with Crippen LogP contribution in [0.2, 0.25) is 0 Å². The fraction of sp³-hybridized carbons (Fsp3) is 0.724. The molecule has 2 amide bonds. The van der Waals surface area contributed by atoms with E-state index in [1.807, 2.05) is 0 Å². The molecule has 2 aliphatic carbocycles. The summed E-state index contributed by atoms with van der Waals surface area (Å²) in [7, 11) is 0. The van der Waals surface area contributed by atoms with Gasteiger partial charge in [0.25, 0.3) is 0 Å². The Morgan fingerprint density at radius 1 is 0.703 bits per heavy atom. The van der Waals surface area contributed by atoms with E-state index in [0.717, 1.165) is 64.2 Å². The predicted octanol–water partition coefficient (Wildman–Crippen LogP) is 5.76. The van der Waals surface area contributed by atoms with Gasteiger partial charge in [0.05, 0.1) is 13.2 Å². The molecule has 0 heterocycles. The maximum atomic E-state index is 13.1. The van der Waals surface area contributed by atoms with E-state index in [1.165, 1.54) is 22.0 Å². The lowest BCUT2D eigenvalue weighted by atomic mass is 9.77. The first-order chi connectivity index (χ1) is 17.9. The number of ketones is 2. The lowest BCUT2D eigenvalue weighted by Crippen LogP contribution is -2.50. The average molecular weight is 519 g/mol. The summed E-state index contributed by atoms with van der Waals surface area (Å²) < 4.78 is 10.6. The Morgan fingerprint density at radius 2 is 1.05 bits per heavy atom. The van der Waals surface area contributed by atoms with Gasteiger partial charge in [0.2, 0.25) is 0 Å². The molecule has 0 aliphatic heterocycles. The minimum atomic E-state index is -0.598. The van der Waals surface area contributed by atoms with E-state index >= 15 is 0 Å². The van der Waals surface area contributed by atoms with Crippen LogP contribution in [0.1, 0.15) is 78.1 Å². The van der Waals surface area contributed by atoms with Gasteiger partial charge in [-0.2, -0.15) is 0 Å². The predicted molar refractivity (Wildman–Crippen MR) is 143 cm³/mol. The fourth-order valence-electron chi connectivity index (χ4n) is 5.81. The van der Waals surface area contributed by atoms with Gasteiger partial charge >= 0.3 is 12.2 Å². The Morgan fingerprint density at radius 3 is 1.35 bits per heavy atom. The molecule has 2 aliphatic rings. The van der Waals surface area contributed by atoms with Crippen LogP contribution in [0, 0.1) is 23.7 Å². The number of rotatable bonds is 14. The van der Waals surface area contributed by atoms with Gasteiger partial charge in [-0.3, -0.25) is 19.4 Å². The number of allylic oxidation sites excluding steroid dienone is 2. The highest BCUT2D eigenvalue weighted by Gasteiger charge is 2.36. The van der Waals surface area contributed by atoms with Crippen LogP contribution >= 0.6 is 0 Å². The lowest BCUT2D eigenvalue weighted by molar-refractivity contribution is -0.121. The van der Waals surface area contributed by atoms with E-state index in [4.69, 9.17) is 9.47 Å². The molecule has 0 spiro atoms. The first-order valence-corrected chi connectivity index (χ1v) is 14.0. The lowest BCUT2D eigenvalue weighted by Gasteiger charge is -2.37. The Labute approximate surface area is 222 Å². The van der Waals surface area contributed by atoms with E-state index in [9.17, 15) is 19.2 Å². The average Bonchev–Trinajstić information content (AvgIpc) is 2.93.